The highest BCUT2D eigenvalue weighted by molar-refractivity contribution is 7.47. The van der Waals surface area contributed by atoms with Crippen molar-refractivity contribution in [2.45, 2.75) is 387 Å². The van der Waals surface area contributed by atoms with Gasteiger partial charge in [-0.1, -0.05) is 318 Å². The summed E-state index contributed by atoms with van der Waals surface area (Å²) in [6.45, 7) is 9.50. The van der Waals surface area contributed by atoms with Crippen LogP contribution in [0.5, 0.6) is 0 Å². The molecule has 0 aliphatic rings. The number of carbonyl (C=O) groups excluding carboxylic acids is 4. The molecule has 0 aromatic rings. The molecule has 0 aliphatic carbocycles. The zero-order valence-corrected chi connectivity index (χ0v) is 60.9. The van der Waals surface area contributed by atoms with Crippen molar-refractivity contribution in [3.05, 3.63) is 0 Å². The summed E-state index contributed by atoms with van der Waals surface area (Å²) in [7, 11) is -9.90. The molecule has 0 heterocycles. The first-order valence-electron chi connectivity index (χ1n) is 37.5. The monoisotopic (exact) mass is 1340 g/mol. The molecule has 91 heavy (non-hydrogen) atoms. The minimum atomic E-state index is -4.95. The normalized spacial score (nSPS) is 14.1. The van der Waals surface area contributed by atoms with E-state index in [1.165, 1.54) is 180 Å². The van der Waals surface area contributed by atoms with E-state index in [0.717, 1.165) is 102 Å². The van der Waals surface area contributed by atoms with Crippen LogP contribution in [-0.2, 0) is 65.4 Å². The largest absolute Gasteiger partial charge is 0.472 e. The summed E-state index contributed by atoms with van der Waals surface area (Å²) < 4.78 is 68.3. The third-order valence-corrected chi connectivity index (χ3v) is 18.6. The van der Waals surface area contributed by atoms with Crippen molar-refractivity contribution in [2.75, 3.05) is 39.6 Å². The Bertz CT molecular complexity index is 1770. The number of hydrogen-bond donors (Lipinski definition) is 3. The highest BCUT2D eigenvalue weighted by atomic mass is 31.2. The summed E-state index contributed by atoms with van der Waals surface area (Å²) >= 11 is 0. The molecule has 17 nitrogen and oxygen atoms in total. The standard InChI is InChI=1S/C72H140O17P2/c1-7-9-11-13-15-17-19-21-24-28-31-35-42-48-54-69(74)82-60-67(88-72(77)57-51-45-37-33-29-25-22-23-26-30-34-40-46-52-64(3)4)62-86-90(78,79)84-58-66(73)59-85-91(80,81)87-63-68(61-83-70(75)55-49-43-39-38-41-47-53-65(5)6)89-71(76)56-50-44-36-32-27-20-18-16-14-12-10-8-2/h64-68,73H,7-63H2,1-6H3,(H,78,79)(H,80,81)/t66-,67-,68-/m1/s1. The number of esters is 4. The van der Waals surface area contributed by atoms with Crippen molar-refractivity contribution in [1.29, 1.82) is 0 Å². The molecule has 540 valence electrons. The molecule has 0 bridgehead atoms. The van der Waals surface area contributed by atoms with Gasteiger partial charge in [0.25, 0.3) is 0 Å². The van der Waals surface area contributed by atoms with Gasteiger partial charge in [-0.2, -0.15) is 0 Å². The van der Waals surface area contributed by atoms with E-state index < -0.39 is 97.5 Å². The smallest absolute Gasteiger partial charge is 0.462 e. The topological polar surface area (TPSA) is 237 Å². The van der Waals surface area contributed by atoms with Gasteiger partial charge in [0.1, 0.15) is 19.3 Å². The Morgan fingerprint density at radius 3 is 0.747 bits per heavy atom. The maximum atomic E-state index is 13.0. The van der Waals surface area contributed by atoms with E-state index >= 15 is 0 Å². The average molecular weight is 1340 g/mol. The molecule has 2 unspecified atom stereocenters. The lowest BCUT2D eigenvalue weighted by atomic mass is 10.0. The second kappa shape index (κ2) is 64.1. The van der Waals surface area contributed by atoms with Gasteiger partial charge in [-0.25, -0.2) is 9.13 Å². The third kappa shape index (κ3) is 66.5. The molecule has 0 radical (unpaired) electrons. The molecule has 0 spiro atoms. The SMILES string of the molecule is CCCCCCCCCCCCCCCCC(=O)OC[C@H](COP(=O)(O)OC[C@@H](O)COP(=O)(O)OC[C@@H](COC(=O)CCCCCCCCC(C)C)OC(=O)CCCCCCCCCCCCCC)OC(=O)CCCCCCCCCCCCCCCC(C)C. The van der Waals surface area contributed by atoms with Gasteiger partial charge in [-0.15, -0.1) is 0 Å². The molecule has 0 fully saturated rings. The number of phosphoric acid groups is 2. The van der Waals surface area contributed by atoms with E-state index in [4.69, 9.17) is 37.0 Å². The number of aliphatic hydroxyl groups is 1. The third-order valence-electron chi connectivity index (χ3n) is 16.7. The van der Waals surface area contributed by atoms with Crippen molar-refractivity contribution < 1.29 is 80.2 Å². The fourth-order valence-corrected chi connectivity index (χ4v) is 12.5. The molecule has 5 atom stereocenters. The molecule has 0 aliphatic heterocycles. The van der Waals surface area contributed by atoms with Crippen LogP contribution in [0.4, 0.5) is 0 Å². The lowest BCUT2D eigenvalue weighted by Gasteiger charge is -2.21. The van der Waals surface area contributed by atoms with Crippen LogP contribution < -0.4 is 0 Å². The van der Waals surface area contributed by atoms with E-state index in [1.54, 1.807) is 0 Å². The van der Waals surface area contributed by atoms with E-state index in [-0.39, 0.29) is 25.7 Å². The molecule has 0 amide bonds. The molecule has 0 rings (SSSR count). The van der Waals surface area contributed by atoms with Crippen LogP contribution >= 0.6 is 15.6 Å². The molecule has 0 saturated heterocycles. The Kier molecular flexibility index (Phi) is 62.7. The van der Waals surface area contributed by atoms with Gasteiger partial charge in [0, 0.05) is 25.7 Å². The van der Waals surface area contributed by atoms with Crippen LogP contribution in [-0.4, -0.2) is 96.7 Å². The first kappa shape index (κ1) is 89.1. The van der Waals surface area contributed by atoms with Gasteiger partial charge in [-0.3, -0.25) is 37.3 Å². The lowest BCUT2D eigenvalue weighted by molar-refractivity contribution is -0.161. The number of aliphatic hydroxyl groups excluding tert-OH is 1. The summed E-state index contributed by atoms with van der Waals surface area (Å²) in [6.07, 6.45) is 50.0. The fourth-order valence-electron chi connectivity index (χ4n) is 10.9. The Hall–Kier alpha value is -1.94. The van der Waals surface area contributed by atoms with Crippen molar-refractivity contribution in [3.8, 4) is 0 Å². The Balaban J connectivity index is 5.24. The van der Waals surface area contributed by atoms with Crippen LogP contribution in [0.2, 0.25) is 0 Å². The maximum absolute atomic E-state index is 13.0. The van der Waals surface area contributed by atoms with Crippen LogP contribution in [0.1, 0.15) is 369 Å². The van der Waals surface area contributed by atoms with Crippen LogP contribution in [0.3, 0.4) is 0 Å². The summed E-state index contributed by atoms with van der Waals surface area (Å²) in [5.41, 5.74) is 0. The Labute approximate surface area is 556 Å². The second-order valence-corrected chi connectivity index (χ2v) is 29.8. The molecule has 19 heteroatoms. The lowest BCUT2D eigenvalue weighted by Crippen LogP contribution is -2.30. The zero-order valence-electron chi connectivity index (χ0n) is 59.1. The Morgan fingerprint density at radius 2 is 0.505 bits per heavy atom. The zero-order chi connectivity index (χ0) is 67.2. The molecule has 0 saturated carbocycles. The first-order chi connectivity index (χ1) is 43.9. The number of unbranched alkanes of at least 4 members (excludes halogenated alkanes) is 41. The summed E-state index contributed by atoms with van der Waals surface area (Å²) in [6, 6.07) is 0. The van der Waals surface area contributed by atoms with Gasteiger partial charge in [-0.05, 0) is 37.5 Å². The predicted octanol–water partition coefficient (Wildman–Crippen LogP) is 20.8. The van der Waals surface area contributed by atoms with Crippen LogP contribution in [0.15, 0.2) is 0 Å². The van der Waals surface area contributed by atoms with Gasteiger partial charge >= 0.3 is 39.5 Å². The summed E-state index contributed by atoms with van der Waals surface area (Å²) in [4.78, 5) is 72.6. The van der Waals surface area contributed by atoms with Crippen molar-refractivity contribution >= 4 is 39.5 Å². The van der Waals surface area contributed by atoms with E-state index in [2.05, 4.69) is 41.5 Å². The number of phosphoric ester groups is 2. The Morgan fingerprint density at radius 1 is 0.297 bits per heavy atom. The summed E-state index contributed by atoms with van der Waals surface area (Å²) in [5, 5.41) is 10.6. The second-order valence-electron chi connectivity index (χ2n) is 26.9. The molecular weight excluding hydrogens is 1200 g/mol. The summed E-state index contributed by atoms with van der Waals surface area (Å²) in [5.74, 6) is -0.655. The number of ether oxygens (including phenoxy) is 4. The van der Waals surface area contributed by atoms with Gasteiger partial charge < -0.3 is 33.8 Å². The molecule has 0 aromatic heterocycles. The fraction of sp³-hybridized carbons (Fsp3) is 0.944. The number of rotatable bonds is 71. The number of hydrogen-bond acceptors (Lipinski definition) is 15. The highest BCUT2D eigenvalue weighted by Crippen LogP contribution is 2.45. The predicted molar refractivity (Wildman–Crippen MR) is 368 cm³/mol. The minimum Gasteiger partial charge on any atom is -0.462 e. The minimum absolute atomic E-state index is 0.106. The van der Waals surface area contributed by atoms with Gasteiger partial charge in [0.2, 0.25) is 0 Å². The highest BCUT2D eigenvalue weighted by Gasteiger charge is 2.30. The average Bonchev–Trinajstić information content (AvgIpc) is 3.52. The van der Waals surface area contributed by atoms with Crippen molar-refractivity contribution in [2.24, 2.45) is 11.8 Å². The maximum Gasteiger partial charge on any atom is 0.472 e. The van der Waals surface area contributed by atoms with E-state index in [1.807, 2.05) is 0 Å². The van der Waals surface area contributed by atoms with Crippen LogP contribution in [0.25, 0.3) is 0 Å². The molecule has 0 aromatic carbocycles. The quantitative estimate of drug-likeness (QED) is 0.0222. The van der Waals surface area contributed by atoms with Crippen molar-refractivity contribution in [3.63, 3.8) is 0 Å². The number of carbonyl (C=O) groups is 4. The van der Waals surface area contributed by atoms with E-state index in [0.29, 0.717) is 31.6 Å². The van der Waals surface area contributed by atoms with Crippen LogP contribution in [0, 0.1) is 11.8 Å². The van der Waals surface area contributed by atoms with Crippen molar-refractivity contribution in [1.82, 2.24) is 0 Å². The first-order valence-corrected chi connectivity index (χ1v) is 40.5. The van der Waals surface area contributed by atoms with E-state index in [9.17, 15) is 43.2 Å². The molecule has 3 N–H and O–H groups in total. The molecular formula is C72H140O17P2. The van der Waals surface area contributed by atoms with Gasteiger partial charge in [0.05, 0.1) is 26.4 Å². The van der Waals surface area contributed by atoms with Gasteiger partial charge in [0.15, 0.2) is 12.2 Å².